The van der Waals surface area contributed by atoms with Gasteiger partial charge < -0.3 is 30.3 Å². The van der Waals surface area contributed by atoms with E-state index in [1.807, 2.05) is 30.5 Å². The van der Waals surface area contributed by atoms with Gasteiger partial charge in [-0.05, 0) is 30.8 Å². The molecular formula is C21H30N6O2. The van der Waals surface area contributed by atoms with Gasteiger partial charge in [0.2, 0.25) is 0 Å². The van der Waals surface area contributed by atoms with E-state index in [1.54, 1.807) is 14.2 Å². The summed E-state index contributed by atoms with van der Waals surface area (Å²) in [4.78, 5) is 13.7. The first-order valence-electron chi connectivity index (χ1n) is 9.72. The van der Waals surface area contributed by atoms with Crippen LogP contribution in [0, 0.1) is 0 Å². The zero-order valence-corrected chi connectivity index (χ0v) is 17.4. The third kappa shape index (κ3) is 5.51. The van der Waals surface area contributed by atoms with Gasteiger partial charge in [-0.3, -0.25) is 0 Å². The van der Waals surface area contributed by atoms with Crippen LogP contribution in [0.2, 0.25) is 0 Å². The number of benzene rings is 1. The summed E-state index contributed by atoms with van der Waals surface area (Å²) in [6.45, 7) is 5.07. The molecule has 1 aliphatic rings. The first-order chi connectivity index (χ1) is 14.1. The number of nitrogens with two attached hydrogens (primary N) is 1. The molecule has 0 atom stereocenters. The van der Waals surface area contributed by atoms with Crippen molar-refractivity contribution in [1.29, 1.82) is 0 Å². The van der Waals surface area contributed by atoms with Gasteiger partial charge in [0.25, 0.3) is 0 Å². The molecule has 29 heavy (non-hydrogen) atoms. The van der Waals surface area contributed by atoms with Crippen LogP contribution in [0.3, 0.4) is 0 Å². The largest absolute Gasteiger partial charge is 0.493 e. The van der Waals surface area contributed by atoms with Gasteiger partial charge >= 0.3 is 0 Å². The second kappa shape index (κ2) is 9.97. The molecule has 8 nitrogen and oxygen atoms in total. The van der Waals surface area contributed by atoms with E-state index in [0.29, 0.717) is 30.5 Å². The topological polar surface area (TPSA) is 88.2 Å². The lowest BCUT2D eigenvalue weighted by Crippen LogP contribution is -2.45. The molecule has 0 bridgehead atoms. The van der Waals surface area contributed by atoms with E-state index >= 15 is 0 Å². The van der Waals surface area contributed by atoms with Crippen molar-refractivity contribution in [3.05, 3.63) is 47.7 Å². The van der Waals surface area contributed by atoms with Crippen LogP contribution in [0.4, 0.5) is 5.82 Å². The van der Waals surface area contributed by atoms with Crippen LogP contribution in [-0.4, -0.2) is 63.3 Å². The number of hydrogen-bond acceptors (Lipinski definition) is 6. The molecule has 1 fully saturated rings. The zero-order valence-electron chi connectivity index (χ0n) is 17.4. The predicted molar refractivity (Wildman–Crippen MR) is 116 cm³/mol. The minimum Gasteiger partial charge on any atom is -0.493 e. The molecule has 2 heterocycles. The van der Waals surface area contributed by atoms with E-state index in [1.165, 1.54) is 0 Å². The number of pyridine rings is 1. The number of guanidine groups is 1. The molecule has 3 N–H and O–H groups in total. The van der Waals surface area contributed by atoms with Crippen LogP contribution >= 0.6 is 0 Å². The van der Waals surface area contributed by atoms with E-state index in [9.17, 15) is 0 Å². The summed E-state index contributed by atoms with van der Waals surface area (Å²) in [5, 5.41) is 3.20. The maximum absolute atomic E-state index is 6.09. The molecule has 8 heteroatoms. The molecule has 0 saturated carbocycles. The Morgan fingerprint density at radius 2 is 1.90 bits per heavy atom. The Morgan fingerprint density at radius 1 is 1.14 bits per heavy atom. The number of aliphatic imine (C=N–C) groups is 1. The highest BCUT2D eigenvalue weighted by Crippen LogP contribution is 2.27. The van der Waals surface area contributed by atoms with Gasteiger partial charge in [-0.1, -0.05) is 12.1 Å². The first kappa shape index (κ1) is 20.7. The summed E-state index contributed by atoms with van der Waals surface area (Å²) < 4.78 is 10.6. The van der Waals surface area contributed by atoms with Crippen molar-refractivity contribution in [3.8, 4) is 11.5 Å². The molecular weight excluding hydrogens is 368 g/mol. The predicted octanol–water partition coefficient (Wildman–Crippen LogP) is 1.46. The summed E-state index contributed by atoms with van der Waals surface area (Å²) >= 11 is 0. The molecule has 1 aromatic heterocycles. The number of ether oxygens (including phenoxy) is 2. The van der Waals surface area contributed by atoms with E-state index in [4.69, 9.17) is 15.2 Å². The van der Waals surface area contributed by atoms with Gasteiger partial charge in [0, 0.05) is 44.5 Å². The molecule has 3 rings (SSSR count). The number of anilines is 1. The van der Waals surface area contributed by atoms with Crippen LogP contribution in [0.15, 0.2) is 41.5 Å². The number of likely N-dealkylation sites (N-methyl/N-ethyl adjacent to an activating group) is 1. The summed E-state index contributed by atoms with van der Waals surface area (Å²) in [5.41, 5.74) is 8.19. The number of aromatic nitrogens is 1. The van der Waals surface area contributed by atoms with Gasteiger partial charge in [-0.25, -0.2) is 9.98 Å². The van der Waals surface area contributed by atoms with Gasteiger partial charge in [0.15, 0.2) is 17.5 Å². The van der Waals surface area contributed by atoms with Crippen LogP contribution < -0.4 is 25.4 Å². The molecule has 1 aliphatic heterocycles. The number of nitrogens with zero attached hydrogens (tertiary/aromatic N) is 4. The van der Waals surface area contributed by atoms with Crippen LogP contribution in [0.25, 0.3) is 0 Å². The fraction of sp³-hybridized carbons (Fsp3) is 0.429. The number of methoxy groups -OCH3 is 2. The summed E-state index contributed by atoms with van der Waals surface area (Å²) in [6, 6.07) is 9.75. The van der Waals surface area contributed by atoms with Crippen molar-refractivity contribution in [2.45, 2.75) is 13.1 Å². The normalized spacial score (nSPS) is 15.3. The van der Waals surface area contributed by atoms with Crippen molar-refractivity contribution in [1.82, 2.24) is 15.2 Å². The van der Waals surface area contributed by atoms with Crippen molar-refractivity contribution in [3.63, 3.8) is 0 Å². The van der Waals surface area contributed by atoms with Gasteiger partial charge in [-0.15, -0.1) is 0 Å². The Bertz CT molecular complexity index is 834. The molecule has 1 aromatic carbocycles. The van der Waals surface area contributed by atoms with Crippen LogP contribution in [0.1, 0.15) is 11.1 Å². The third-order valence-electron chi connectivity index (χ3n) is 5.01. The lowest BCUT2D eigenvalue weighted by atomic mass is 10.2. The quantitative estimate of drug-likeness (QED) is 0.539. The van der Waals surface area contributed by atoms with E-state index < -0.39 is 0 Å². The SMILES string of the molecule is COc1ccc(CN=C(N)NCc2cccnc2N2CCN(C)CC2)cc1OC. The Balaban J connectivity index is 1.60. The first-order valence-corrected chi connectivity index (χ1v) is 9.72. The molecule has 0 unspecified atom stereocenters. The fourth-order valence-corrected chi connectivity index (χ4v) is 3.27. The summed E-state index contributed by atoms with van der Waals surface area (Å²) in [7, 11) is 5.38. The highest BCUT2D eigenvalue weighted by molar-refractivity contribution is 5.78. The Kier molecular flexibility index (Phi) is 7.13. The lowest BCUT2D eigenvalue weighted by Gasteiger charge is -2.34. The van der Waals surface area contributed by atoms with Crippen molar-refractivity contribution >= 4 is 11.8 Å². The number of piperazine rings is 1. The van der Waals surface area contributed by atoms with Crippen LogP contribution in [-0.2, 0) is 13.1 Å². The van der Waals surface area contributed by atoms with Gasteiger partial charge in [0.05, 0.1) is 20.8 Å². The maximum Gasteiger partial charge on any atom is 0.189 e. The number of rotatable bonds is 7. The number of hydrogen-bond donors (Lipinski definition) is 2. The average Bonchev–Trinajstić information content (AvgIpc) is 2.76. The molecule has 2 aromatic rings. The van der Waals surface area contributed by atoms with Crippen molar-refractivity contribution in [2.24, 2.45) is 10.7 Å². The second-order valence-corrected chi connectivity index (χ2v) is 7.02. The molecule has 0 aliphatic carbocycles. The molecule has 156 valence electrons. The molecule has 0 radical (unpaired) electrons. The fourth-order valence-electron chi connectivity index (χ4n) is 3.27. The number of nitrogens with one attached hydrogen (secondary N) is 1. The van der Waals surface area contributed by atoms with E-state index in [0.717, 1.165) is 43.1 Å². The standard InChI is InChI=1S/C21H30N6O2/c1-26-9-11-27(12-10-26)20-17(5-4-8-23-20)15-25-21(22)24-14-16-6-7-18(28-2)19(13-16)29-3/h4-8,13H,9-12,14-15H2,1-3H3,(H3,22,24,25). The monoisotopic (exact) mass is 398 g/mol. The minimum atomic E-state index is 0.396. The highest BCUT2D eigenvalue weighted by atomic mass is 16.5. The zero-order chi connectivity index (χ0) is 20.6. The summed E-state index contributed by atoms with van der Waals surface area (Å²) in [6.07, 6.45) is 1.84. The highest BCUT2D eigenvalue weighted by Gasteiger charge is 2.17. The van der Waals surface area contributed by atoms with Crippen molar-refractivity contribution < 1.29 is 9.47 Å². The van der Waals surface area contributed by atoms with E-state index in [2.05, 4.69) is 38.2 Å². The second-order valence-electron chi connectivity index (χ2n) is 7.02. The molecule has 0 amide bonds. The smallest absolute Gasteiger partial charge is 0.189 e. The average molecular weight is 399 g/mol. The Hall–Kier alpha value is -3.00. The van der Waals surface area contributed by atoms with Gasteiger partial charge in [0.1, 0.15) is 5.82 Å². The Labute approximate surface area is 172 Å². The van der Waals surface area contributed by atoms with Gasteiger partial charge in [-0.2, -0.15) is 0 Å². The van der Waals surface area contributed by atoms with E-state index in [-0.39, 0.29) is 0 Å². The summed E-state index contributed by atoms with van der Waals surface area (Å²) in [5.74, 6) is 2.78. The maximum atomic E-state index is 6.09. The molecule has 1 saturated heterocycles. The van der Waals surface area contributed by atoms with Crippen LogP contribution in [0.5, 0.6) is 11.5 Å². The lowest BCUT2D eigenvalue weighted by molar-refractivity contribution is 0.312. The minimum absolute atomic E-state index is 0.396. The molecule has 0 spiro atoms. The Morgan fingerprint density at radius 3 is 2.62 bits per heavy atom. The third-order valence-corrected chi connectivity index (χ3v) is 5.01. The van der Waals surface area contributed by atoms with Crippen molar-refractivity contribution in [2.75, 3.05) is 52.3 Å².